The third kappa shape index (κ3) is 2.60. The molecule has 0 aliphatic heterocycles. The van der Waals surface area contributed by atoms with Crippen LogP contribution in [0.15, 0.2) is 54.7 Å². The topological polar surface area (TPSA) is 53.1 Å². The van der Waals surface area contributed by atoms with Crippen molar-refractivity contribution in [3.63, 3.8) is 0 Å². The summed E-state index contributed by atoms with van der Waals surface area (Å²) in [4.78, 5) is 0. The maximum Gasteiger partial charge on any atom is 0.119 e. The van der Waals surface area contributed by atoms with E-state index in [0.29, 0.717) is 5.69 Å². The van der Waals surface area contributed by atoms with Gasteiger partial charge in [-0.2, -0.15) is 5.10 Å². The summed E-state index contributed by atoms with van der Waals surface area (Å²) in [6.45, 7) is 2.06. The molecule has 2 N–H and O–H groups in total. The monoisotopic (exact) mass is 279 g/mol. The van der Waals surface area contributed by atoms with Crippen molar-refractivity contribution in [2.45, 2.75) is 6.92 Å². The number of methoxy groups -OCH3 is 1. The Kier molecular flexibility index (Phi) is 3.36. The van der Waals surface area contributed by atoms with Gasteiger partial charge >= 0.3 is 0 Å². The minimum absolute atomic E-state index is 0.662. The highest BCUT2D eigenvalue weighted by atomic mass is 16.5. The number of rotatable bonds is 3. The van der Waals surface area contributed by atoms with Crippen LogP contribution in [0.5, 0.6) is 5.75 Å². The Morgan fingerprint density at radius 3 is 2.29 bits per heavy atom. The molecule has 21 heavy (non-hydrogen) atoms. The number of nitrogens with two attached hydrogens (primary N) is 1. The Labute approximate surface area is 123 Å². The molecule has 0 aliphatic rings. The second kappa shape index (κ2) is 5.32. The molecule has 0 aliphatic carbocycles. The van der Waals surface area contributed by atoms with Gasteiger partial charge in [0.05, 0.1) is 24.7 Å². The fourth-order valence-electron chi connectivity index (χ4n) is 2.19. The third-order valence-electron chi connectivity index (χ3n) is 3.40. The lowest BCUT2D eigenvalue weighted by molar-refractivity contribution is 0.414. The van der Waals surface area contributed by atoms with E-state index >= 15 is 0 Å². The first-order chi connectivity index (χ1) is 10.2. The molecule has 0 saturated carbocycles. The first kappa shape index (κ1) is 13.2. The van der Waals surface area contributed by atoms with Crippen molar-refractivity contribution in [1.29, 1.82) is 0 Å². The number of hydrogen-bond acceptors (Lipinski definition) is 3. The number of nitrogens with zero attached hydrogens (tertiary/aromatic N) is 2. The molecule has 0 amide bonds. The van der Waals surface area contributed by atoms with Crippen LogP contribution in [-0.4, -0.2) is 16.9 Å². The van der Waals surface area contributed by atoms with E-state index in [2.05, 4.69) is 24.2 Å². The summed E-state index contributed by atoms with van der Waals surface area (Å²) < 4.78 is 6.94. The van der Waals surface area contributed by atoms with Gasteiger partial charge in [0.2, 0.25) is 0 Å². The highest BCUT2D eigenvalue weighted by Gasteiger charge is 2.09. The molecule has 3 rings (SSSR count). The Hall–Kier alpha value is -2.75. The van der Waals surface area contributed by atoms with Crippen LogP contribution in [0.1, 0.15) is 5.56 Å². The van der Waals surface area contributed by atoms with Crippen LogP contribution >= 0.6 is 0 Å². The smallest absolute Gasteiger partial charge is 0.119 e. The van der Waals surface area contributed by atoms with Crippen LogP contribution in [0.25, 0.3) is 16.9 Å². The van der Waals surface area contributed by atoms with E-state index < -0.39 is 0 Å². The zero-order valence-electron chi connectivity index (χ0n) is 12.1. The molecule has 1 heterocycles. The van der Waals surface area contributed by atoms with Crippen LogP contribution in [0.3, 0.4) is 0 Å². The van der Waals surface area contributed by atoms with Crippen LogP contribution < -0.4 is 10.5 Å². The molecule has 2 aromatic carbocycles. The van der Waals surface area contributed by atoms with E-state index in [1.807, 2.05) is 42.6 Å². The summed E-state index contributed by atoms with van der Waals surface area (Å²) in [5.41, 5.74) is 10.7. The maximum atomic E-state index is 6.10. The summed E-state index contributed by atoms with van der Waals surface area (Å²) in [6, 6.07) is 15.9. The molecule has 106 valence electrons. The van der Waals surface area contributed by atoms with Gasteiger partial charge in [-0.15, -0.1) is 0 Å². The van der Waals surface area contributed by atoms with Crippen LogP contribution in [0.4, 0.5) is 5.69 Å². The predicted molar refractivity (Wildman–Crippen MR) is 84.7 cm³/mol. The van der Waals surface area contributed by atoms with Crippen LogP contribution in [-0.2, 0) is 0 Å². The molecule has 1 aromatic heterocycles. The predicted octanol–water partition coefficient (Wildman–Crippen LogP) is 3.44. The van der Waals surface area contributed by atoms with Gasteiger partial charge in [-0.05, 0) is 31.2 Å². The summed E-state index contributed by atoms with van der Waals surface area (Å²) in [5.74, 6) is 0.817. The normalized spacial score (nSPS) is 10.6. The quantitative estimate of drug-likeness (QED) is 0.799. The van der Waals surface area contributed by atoms with Gasteiger partial charge in [-0.25, -0.2) is 4.68 Å². The van der Waals surface area contributed by atoms with E-state index in [-0.39, 0.29) is 0 Å². The van der Waals surface area contributed by atoms with Crippen molar-refractivity contribution >= 4 is 5.69 Å². The average molecular weight is 279 g/mol. The van der Waals surface area contributed by atoms with Crippen molar-refractivity contribution in [3.8, 4) is 22.7 Å². The van der Waals surface area contributed by atoms with E-state index in [0.717, 1.165) is 22.7 Å². The van der Waals surface area contributed by atoms with Gasteiger partial charge in [0.15, 0.2) is 0 Å². The largest absolute Gasteiger partial charge is 0.497 e. The third-order valence-corrected chi connectivity index (χ3v) is 3.40. The minimum Gasteiger partial charge on any atom is -0.497 e. The van der Waals surface area contributed by atoms with Gasteiger partial charge in [0.1, 0.15) is 11.4 Å². The lowest BCUT2D eigenvalue weighted by atomic mass is 10.1. The Morgan fingerprint density at radius 2 is 1.67 bits per heavy atom. The fraction of sp³-hybridized carbons (Fsp3) is 0.118. The van der Waals surface area contributed by atoms with Gasteiger partial charge < -0.3 is 10.5 Å². The Bertz CT molecular complexity index is 743. The van der Waals surface area contributed by atoms with Crippen molar-refractivity contribution in [2.75, 3.05) is 12.8 Å². The lowest BCUT2D eigenvalue weighted by Gasteiger charge is -2.03. The highest BCUT2D eigenvalue weighted by molar-refractivity contribution is 5.72. The molecular formula is C17H17N3O. The molecule has 0 unspecified atom stereocenters. The second-order valence-corrected chi connectivity index (χ2v) is 4.94. The zero-order chi connectivity index (χ0) is 14.8. The first-order valence-electron chi connectivity index (χ1n) is 6.74. The van der Waals surface area contributed by atoms with E-state index in [9.17, 15) is 0 Å². The number of hydrogen-bond donors (Lipinski definition) is 1. The molecular weight excluding hydrogens is 262 g/mol. The average Bonchev–Trinajstić information content (AvgIpc) is 2.90. The molecule has 4 heteroatoms. The SMILES string of the molecule is COc1ccc(-n2cc(N)c(-c3ccc(C)cc3)n2)cc1. The summed E-state index contributed by atoms with van der Waals surface area (Å²) in [7, 11) is 1.65. The van der Waals surface area contributed by atoms with Crippen LogP contribution in [0.2, 0.25) is 0 Å². The molecule has 4 nitrogen and oxygen atoms in total. The lowest BCUT2D eigenvalue weighted by Crippen LogP contribution is -1.95. The van der Waals surface area contributed by atoms with E-state index in [4.69, 9.17) is 10.5 Å². The van der Waals surface area contributed by atoms with Crippen molar-refractivity contribution in [3.05, 3.63) is 60.3 Å². The molecule has 0 saturated heterocycles. The Morgan fingerprint density at radius 1 is 1.00 bits per heavy atom. The second-order valence-electron chi connectivity index (χ2n) is 4.94. The first-order valence-corrected chi connectivity index (χ1v) is 6.74. The fourth-order valence-corrected chi connectivity index (χ4v) is 2.19. The number of aromatic nitrogens is 2. The number of anilines is 1. The number of ether oxygens (including phenoxy) is 1. The van der Waals surface area contributed by atoms with Gasteiger partial charge in [0, 0.05) is 5.56 Å². The minimum atomic E-state index is 0.662. The number of aryl methyl sites for hydroxylation is 1. The summed E-state index contributed by atoms with van der Waals surface area (Å²) in [6.07, 6.45) is 1.83. The standard InChI is InChI=1S/C17H17N3O/c1-12-3-5-13(6-4-12)17-16(18)11-20(19-17)14-7-9-15(21-2)10-8-14/h3-11H,18H2,1-2H3. The van der Waals surface area contributed by atoms with Crippen molar-refractivity contribution in [2.24, 2.45) is 0 Å². The van der Waals surface area contributed by atoms with Gasteiger partial charge in [-0.1, -0.05) is 29.8 Å². The maximum absolute atomic E-state index is 6.10. The van der Waals surface area contributed by atoms with Crippen molar-refractivity contribution < 1.29 is 4.74 Å². The highest BCUT2D eigenvalue weighted by Crippen LogP contribution is 2.26. The Balaban J connectivity index is 1.98. The molecule has 0 bridgehead atoms. The number of nitrogen functional groups attached to an aromatic ring is 1. The zero-order valence-corrected chi connectivity index (χ0v) is 12.1. The van der Waals surface area contributed by atoms with Crippen molar-refractivity contribution in [1.82, 2.24) is 9.78 Å². The number of benzene rings is 2. The van der Waals surface area contributed by atoms with Gasteiger partial charge in [0.25, 0.3) is 0 Å². The molecule has 3 aromatic rings. The van der Waals surface area contributed by atoms with Gasteiger partial charge in [-0.3, -0.25) is 0 Å². The summed E-state index contributed by atoms with van der Waals surface area (Å²) >= 11 is 0. The molecule has 0 radical (unpaired) electrons. The summed E-state index contributed by atoms with van der Waals surface area (Å²) in [5, 5.41) is 4.59. The van der Waals surface area contributed by atoms with E-state index in [1.54, 1.807) is 11.8 Å². The van der Waals surface area contributed by atoms with E-state index in [1.165, 1.54) is 5.56 Å². The molecule has 0 fully saturated rings. The van der Waals surface area contributed by atoms with Crippen LogP contribution in [0, 0.1) is 6.92 Å². The molecule has 0 spiro atoms. The molecule has 0 atom stereocenters.